The van der Waals surface area contributed by atoms with Crippen molar-refractivity contribution < 1.29 is 38.2 Å². The molecule has 0 saturated heterocycles. The molecule has 0 aliphatic carbocycles. The summed E-state index contributed by atoms with van der Waals surface area (Å²) in [5.41, 5.74) is 17.4. The minimum atomic E-state index is -1.06. The lowest BCUT2D eigenvalue weighted by Crippen LogP contribution is -2.15. The molecule has 8 N–H and O–H groups in total. The van der Waals surface area contributed by atoms with Gasteiger partial charge in [0.15, 0.2) is 46.4 Å². The number of nitrogens with two attached hydrogens (primary N) is 2. The normalized spacial score (nSPS) is 11.8. The summed E-state index contributed by atoms with van der Waals surface area (Å²) in [6.07, 6.45) is 3.14. The number of benzene rings is 4. The Morgan fingerprint density at radius 1 is 0.706 bits per heavy atom. The zero-order valence-corrected chi connectivity index (χ0v) is 30.1. The number of aromatic hydroxyl groups is 2. The number of phenols is 2. The fourth-order valence-electron chi connectivity index (χ4n) is 5.50. The van der Waals surface area contributed by atoms with Crippen molar-refractivity contribution in [1.29, 1.82) is 0 Å². The van der Waals surface area contributed by atoms with Crippen LogP contribution in [0.25, 0.3) is 32.7 Å². The van der Waals surface area contributed by atoms with Crippen LogP contribution in [0.4, 0.5) is 17.6 Å². The molecule has 0 bridgehead atoms. The zero-order chi connectivity index (χ0) is 37.6. The van der Waals surface area contributed by atoms with Crippen LogP contribution in [0, 0.1) is 30.2 Å². The lowest BCUT2D eigenvalue weighted by molar-refractivity contribution is 0.318. The predicted molar refractivity (Wildman–Crippen MR) is 196 cm³/mol. The monoisotopic (exact) mass is 786 g/mol. The Morgan fingerprint density at radius 2 is 1.14 bits per heavy atom. The second-order valence-corrected chi connectivity index (χ2v) is 13.3. The third-order valence-corrected chi connectivity index (χ3v) is 9.81. The molecule has 0 amide bonds. The predicted octanol–water partition coefficient (Wildman–Crippen LogP) is 9.57. The SMILES string of the molecule is CCCc1cc(C(N)=NO)c(-c2sccc2C)c(-c2cc(F)c(O)c(F)c2)c1.CCCc1cc(C(N)=NO)c(Br)c(-c2cc(F)c(O)c(F)c2)c1. The lowest BCUT2D eigenvalue weighted by Gasteiger charge is -2.17. The number of aryl methyl sites for hydroxylation is 3. The van der Waals surface area contributed by atoms with Gasteiger partial charge in [-0.15, -0.1) is 11.3 Å². The van der Waals surface area contributed by atoms with E-state index in [0.29, 0.717) is 38.7 Å². The smallest absolute Gasteiger partial charge is 0.187 e. The highest BCUT2D eigenvalue weighted by molar-refractivity contribution is 9.10. The molecule has 8 nitrogen and oxygen atoms in total. The van der Waals surface area contributed by atoms with E-state index in [2.05, 4.69) is 26.2 Å². The molecule has 0 aliphatic rings. The molecule has 0 spiro atoms. The van der Waals surface area contributed by atoms with Gasteiger partial charge in [-0.25, -0.2) is 17.6 Å². The summed E-state index contributed by atoms with van der Waals surface area (Å²) in [7, 11) is 0. The first-order valence-electron chi connectivity index (χ1n) is 15.6. The molecule has 1 aromatic heterocycles. The van der Waals surface area contributed by atoms with Crippen molar-refractivity contribution in [2.45, 2.75) is 46.5 Å². The molecular weight excluding hydrogens is 752 g/mol. The molecule has 1 heterocycles. The fraction of sp³-hybridized carbons (Fsp3) is 0.189. The van der Waals surface area contributed by atoms with Gasteiger partial charge in [-0.2, -0.15) is 0 Å². The van der Waals surface area contributed by atoms with Gasteiger partial charge in [-0.3, -0.25) is 0 Å². The average molecular weight is 788 g/mol. The summed E-state index contributed by atoms with van der Waals surface area (Å²) in [6.45, 7) is 5.93. The molecule has 4 aromatic carbocycles. The van der Waals surface area contributed by atoms with Gasteiger partial charge in [0.05, 0.1) is 0 Å². The van der Waals surface area contributed by atoms with E-state index in [9.17, 15) is 33.0 Å². The lowest BCUT2D eigenvalue weighted by atomic mass is 9.89. The van der Waals surface area contributed by atoms with Crippen LogP contribution in [0.2, 0.25) is 0 Å². The number of rotatable bonds is 9. The maximum Gasteiger partial charge on any atom is 0.187 e. The number of phenolic OH excluding ortho intramolecular Hbond substituents is 2. The molecule has 14 heteroatoms. The average Bonchev–Trinajstić information content (AvgIpc) is 3.54. The number of amidine groups is 2. The van der Waals surface area contributed by atoms with Crippen LogP contribution in [0.5, 0.6) is 11.5 Å². The van der Waals surface area contributed by atoms with Crippen molar-refractivity contribution >= 4 is 38.9 Å². The summed E-state index contributed by atoms with van der Waals surface area (Å²) < 4.78 is 55.9. The van der Waals surface area contributed by atoms with E-state index in [-0.39, 0.29) is 22.8 Å². The van der Waals surface area contributed by atoms with Crippen molar-refractivity contribution in [2.75, 3.05) is 0 Å². The minimum absolute atomic E-state index is 0.0817. The van der Waals surface area contributed by atoms with Gasteiger partial charge in [0.25, 0.3) is 0 Å². The molecule has 5 aromatic rings. The Labute approximate surface area is 304 Å². The summed E-state index contributed by atoms with van der Waals surface area (Å²) in [6, 6.07) is 13.4. The standard InChI is InChI=1S/C21H20F2N2O2S.C16H15BrF2N2O2/c1-3-4-12-7-14(13-9-16(22)19(26)17(23)10-13)18(15(8-12)21(24)25-27)20-11(2)5-6-28-20;1-2-3-8-4-10(14(17)11(5-8)16(20)21-23)9-6-12(18)15(22)13(19)7-9/h5-10,26-27H,3-4H2,1-2H3,(H2,24,25);4-7,22-23H,2-3H2,1H3,(H2,20,21). The van der Waals surface area contributed by atoms with E-state index < -0.39 is 34.8 Å². The quantitative estimate of drug-likeness (QED) is 0.0287. The summed E-state index contributed by atoms with van der Waals surface area (Å²) in [4.78, 5) is 0.855. The Balaban J connectivity index is 0.000000233. The topological polar surface area (TPSA) is 158 Å². The molecule has 0 unspecified atom stereocenters. The highest BCUT2D eigenvalue weighted by Gasteiger charge is 2.22. The van der Waals surface area contributed by atoms with Crippen LogP contribution in [-0.2, 0) is 12.8 Å². The van der Waals surface area contributed by atoms with Gasteiger partial charge in [0, 0.05) is 26.0 Å². The molecule has 0 radical (unpaired) electrons. The summed E-state index contributed by atoms with van der Waals surface area (Å²) >= 11 is 4.79. The van der Waals surface area contributed by atoms with Crippen molar-refractivity contribution in [1.82, 2.24) is 0 Å². The van der Waals surface area contributed by atoms with Gasteiger partial charge < -0.3 is 32.1 Å². The number of thiophene rings is 1. The maximum absolute atomic E-state index is 14.1. The van der Waals surface area contributed by atoms with Crippen molar-refractivity contribution in [3.63, 3.8) is 0 Å². The van der Waals surface area contributed by atoms with Crippen LogP contribution >= 0.6 is 27.3 Å². The highest BCUT2D eigenvalue weighted by Crippen LogP contribution is 2.42. The molecule has 0 aliphatic heterocycles. The first-order chi connectivity index (χ1) is 24.3. The van der Waals surface area contributed by atoms with E-state index >= 15 is 0 Å². The minimum Gasteiger partial charge on any atom is -0.503 e. The van der Waals surface area contributed by atoms with Gasteiger partial charge in [-0.1, -0.05) is 43.1 Å². The Kier molecular flexibility index (Phi) is 12.7. The summed E-state index contributed by atoms with van der Waals surface area (Å²) in [5.74, 6) is -6.44. The molecule has 268 valence electrons. The van der Waals surface area contributed by atoms with Crippen LogP contribution in [0.3, 0.4) is 0 Å². The third kappa shape index (κ3) is 8.46. The van der Waals surface area contributed by atoms with Crippen LogP contribution in [-0.4, -0.2) is 32.3 Å². The molecule has 0 atom stereocenters. The molecule has 0 saturated carbocycles. The largest absolute Gasteiger partial charge is 0.503 e. The van der Waals surface area contributed by atoms with E-state index in [1.54, 1.807) is 12.1 Å². The van der Waals surface area contributed by atoms with Crippen molar-refractivity contribution in [2.24, 2.45) is 21.8 Å². The number of oxime groups is 2. The van der Waals surface area contributed by atoms with Gasteiger partial charge in [0.1, 0.15) is 0 Å². The van der Waals surface area contributed by atoms with E-state index in [1.165, 1.54) is 11.3 Å². The number of hydrogen-bond acceptors (Lipinski definition) is 7. The van der Waals surface area contributed by atoms with E-state index in [1.807, 2.05) is 44.4 Å². The molecule has 0 fully saturated rings. The molecular formula is C37H35BrF4N4O4S. The number of hydrogen-bond donors (Lipinski definition) is 6. The first kappa shape index (κ1) is 38.7. The summed E-state index contributed by atoms with van der Waals surface area (Å²) in [5, 5.41) is 45.0. The first-order valence-corrected chi connectivity index (χ1v) is 17.3. The van der Waals surface area contributed by atoms with Gasteiger partial charge in [0.2, 0.25) is 0 Å². The highest BCUT2D eigenvalue weighted by atomic mass is 79.9. The van der Waals surface area contributed by atoms with E-state index in [0.717, 1.165) is 65.1 Å². The second kappa shape index (κ2) is 16.8. The number of halogens is 5. The van der Waals surface area contributed by atoms with Crippen molar-refractivity contribution in [3.05, 3.63) is 116 Å². The third-order valence-electron chi connectivity index (χ3n) is 7.92. The van der Waals surface area contributed by atoms with E-state index in [4.69, 9.17) is 16.7 Å². The maximum atomic E-state index is 14.1. The van der Waals surface area contributed by atoms with Crippen LogP contribution in [0.15, 0.2) is 74.8 Å². The van der Waals surface area contributed by atoms with Crippen molar-refractivity contribution in [3.8, 4) is 44.2 Å². The Hall–Kier alpha value is -5.08. The Bertz CT molecular complexity index is 2090. The Morgan fingerprint density at radius 3 is 1.57 bits per heavy atom. The van der Waals surface area contributed by atoms with Crippen LogP contribution in [0.1, 0.15) is 54.5 Å². The molecule has 51 heavy (non-hydrogen) atoms. The molecule has 5 rings (SSSR count). The second-order valence-electron chi connectivity index (χ2n) is 11.6. The fourth-order valence-corrected chi connectivity index (χ4v) is 7.16. The number of nitrogens with zero attached hydrogens (tertiary/aromatic N) is 2. The zero-order valence-electron chi connectivity index (χ0n) is 27.7. The van der Waals surface area contributed by atoms with Gasteiger partial charge >= 0.3 is 0 Å². The van der Waals surface area contributed by atoms with Gasteiger partial charge in [-0.05, 0) is 129 Å². The van der Waals surface area contributed by atoms with Crippen LogP contribution < -0.4 is 11.5 Å².